The highest BCUT2D eigenvalue weighted by atomic mass is 79.9. The molecule has 0 radical (unpaired) electrons. The van der Waals surface area contributed by atoms with Gasteiger partial charge in [-0.05, 0) is 41.4 Å². The van der Waals surface area contributed by atoms with E-state index in [1.54, 1.807) is 6.92 Å². The first-order valence-electron chi connectivity index (χ1n) is 3.51. The topological polar surface area (TPSA) is 37.3 Å². The molecule has 0 aromatic carbocycles. The van der Waals surface area contributed by atoms with Crippen molar-refractivity contribution in [2.75, 3.05) is 0 Å². The second-order valence-corrected chi connectivity index (χ2v) is 5.12. The van der Waals surface area contributed by atoms with Crippen molar-refractivity contribution < 1.29 is 9.90 Å². The number of halogens is 1. The lowest BCUT2D eigenvalue weighted by atomic mass is 10.1. The average molecular weight is 249 g/mol. The van der Waals surface area contributed by atoms with E-state index in [1.165, 1.54) is 11.3 Å². The summed E-state index contributed by atoms with van der Waals surface area (Å²) in [5.74, 6) is -1.17. The summed E-state index contributed by atoms with van der Waals surface area (Å²) in [7, 11) is 0. The molecule has 0 saturated heterocycles. The molecule has 1 unspecified atom stereocenters. The van der Waals surface area contributed by atoms with Crippen molar-refractivity contribution in [1.82, 2.24) is 0 Å². The van der Waals surface area contributed by atoms with Crippen LogP contribution in [0.15, 0.2) is 9.85 Å². The molecule has 1 heterocycles. The summed E-state index contributed by atoms with van der Waals surface area (Å²) in [5.41, 5.74) is 1.04. The number of hydrogen-bond acceptors (Lipinski definition) is 2. The van der Waals surface area contributed by atoms with Gasteiger partial charge in [0.2, 0.25) is 0 Å². The smallest absolute Gasteiger partial charge is 0.311 e. The zero-order valence-electron chi connectivity index (χ0n) is 6.80. The zero-order chi connectivity index (χ0) is 9.30. The number of aliphatic carboxylic acids is 1. The van der Waals surface area contributed by atoms with Gasteiger partial charge in [-0.1, -0.05) is 0 Å². The van der Waals surface area contributed by atoms with Crippen LogP contribution in [0, 0.1) is 6.92 Å². The van der Waals surface area contributed by atoms with E-state index in [0.29, 0.717) is 0 Å². The Morgan fingerprint density at radius 1 is 1.75 bits per heavy atom. The second kappa shape index (κ2) is 3.58. The molecule has 0 amide bonds. The van der Waals surface area contributed by atoms with Crippen molar-refractivity contribution >= 4 is 33.2 Å². The molecule has 4 heteroatoms. The van der Waals surface area contributed by atoms with E-state index in [0.717, 1.165) is 14.2 Å². The fraction of sp³-hybridized carbons (Fsp3) is 0.375. The molecule has 0 aliphatic carbocycles. The number of carboxylic acids is 1. The van der Waals surface area contributed by atoms with Gasteiger partial charge in [0, 0.05) is 4.88 Å². The van der Waals surface area contributed by atoms with E-state index in [1.807, 2.05) is 13.0 Å². The van der Waals surface area contributed by atoms with Gasteiger partial charge < -0.3 is 5.11 Å². The van der Waals surface area contributed by atoms with Crippen LogP contribution >= 0.6 is 27.3 Å². The fourth-order valence-electron chi connectivity index (χ4n) is 0.998. The molecule has 66 valence electrons. The summed E-state index contributed by atoms with van der Waals surface area (Å²) in [6, 6.07) is 1.94. The molecule has 1 aromatic rings. The van der Waals surface area contributed by atoms with Crippen molar-refractivity contribution in [2.24, 2.45) is 0 Å². The van der Waals surface area contributed by atoms with E-state index in [2.05, 4.69) is 15.9 Å². The predicted octanol–water partition coefficient (Wildman–Crippen LogP) is 3.01. The Labute approximate surface area is 83.4 Å². The zero-order valence-corrected chi connectivity index (χ0v) is 9.20. The number of hydrogen-bond donors (Lipinski definition) is 1. The Bertz CT molecular complexity index is 306. The third-order valence-electron chi connectivity index (χ3n) is 1.69. The molecule has 2 nitrogen and oxygen atoms in total. The summed E-state index contributed by atoms with van der Waals surface area (Å²) in [6.07, 6.45) is 0. The largest absolute Gasteiger partial charge is 0.481 e. The minimum Gasteiger partial charge on any atom is -0.481 e. The van der Waals surface area contributed by atoms with E-state index >= 15 is 0 Å². The van der Waals surface area contributed by atoms with Gasteiger partial charge in [0.25, 0.3) is 0 Å². The summed E-state index contributed by atoms with van der Waals surface area (Å²) in [5, 5.41) is 8.76. The molecule has 1 rings (SSSR count). The molecule has 0 bridgehead atoms. The number of carboxylic acid groups (broad SMARTS) is 1. The van der Waals surface area contributed by atoms with Crippen LogP contribution < -0.4 is 0 Å². The highest BCUT2D eigenvalue weighted by molar-refractivity contribution is 9.11. The van der Waals surface area contributed by atoms with Gasteiger partial charge in [0.1, 0.15) is 0 Å². The maximum Gasteiger partial charge on any atom is 0.311 e. The summed E-state index contributed by atoms with van der Waals surface area (Å²) in [4.78, 5) is 11.6. The van der Waals surface area contributed by atoms with Crippen molar-refractivity contribution in [2.45, 2.75) is 19.8 Å². The van der Waals surface area contributed by atoms with Gasteiger partial charge in [-0.2, -0.15) is 0 Å². The van der Waals surface area contributed by atoms with Crippen LogP contribution in [0.5, 0.6) is 0 Å². The first-order chi connectivity index (χ1) is 5.52. The van der Waals surface area contributed by atoms with Gasteiger partial charge in [-0.3, -0.25) is 4.79 Å². The Hall–Kier alpha value is -0.350. The lowest BCUT2D eigenvalue weighted by molar-refractivity contribution is -0.138. The minimum absolute atomic E-state index is 0.402. The normalized spacial score (nSPS) is 12.9. The number of thiophene rings is 1. The van der Waals surface area contributed by atoms with Crippen molar-refractivity contribution in [1.29, 1.82) is 0 Å². The van der Waals surface area contributed by atoms with E-state index < -0.39 is 11.9 Å². The van der Waals surface area contributed by atoms with Crippen molar-refractivity contribution in [3.63, 3.8) is 0 Å². The predicted molar refractivity (Wildman–Crippen MR) is 52.8 cm³/mol. The first kappa shape index (κ1) is 9.74. The third kappa shape index (κ3) is 1.87. The maximum absolute atomic E-state index is 10.7. The fourth-order valence-corrected chi connectivity index (χ4v) is 2.81. The third-order valence-corrected chi connectivity index (χ3v) is 3.61. The number of carbonyl (C=O) groups is 1. The molecule has 1 aromatic heterocycles. The van der Waals surface area contributed by atoms with Crippen LogP contribution in [0.3, 0.4) is 0 Å². The van der Waals surface area contributed by atoms with Crippen LogP contribution in [0.2, 0.25) is 0 Å². The molecule has 0 aliphatic rings. The van der Waals surface area contributed by atoms with E-state index in [9.17, 15) is 4.79 Å². The van der Waals surface area contributed by atoms with Crippen molar-refractivity contribution in [3.05, 3.63) is 20.3 Å². The highest BCUT2D eigenvalue weighted by Crippen LogP contribution is 2.32. The Morgan fingerprint density at radius 3 is 2.67 bits per heavy atom. The lowest BCUT2D eigenvalue weighted by Crippen LogP contribution is -2.06. The van der Waals surface area contributed by atoms with Crippen LogP contribution in [-0.4, -0.2) is 11.1 Å². The molecular formula is C8H9BrO2S. The van der Waals surface area contributed by atoms with Crippen molar-refractivity contribution in [3.8, 4) is 0 Å². The van der Waals surface area contributed by atoms with Crippen LogP contribution in [-0.2, 0) is 4.79 Å². The summed E-state index contributed by atoms with van der Waals surface area (Å²) < 4.78 is 0.989. The van der Waals surface area contributed by atoms with Gasteiger partial charge in [-0.25, -0.2) is 0 Å². The molecule has 1 atom stereocenters. The first-order valence-corrected chi connectivity index (χ1v) is 5.12. The standard InChI is InChI=1S/C8H9BrO2S/c1-4-3-6(9)12-7(4)5(2)8(10)11/h3,5H,1-2H3,(H,10,11). The average Bonchev–Trinajstić information content (AvgIpc) is 2.28. The van der Waals surface area contributed by atoms with Gasteiger partial charge >= 0.3 is 5.97 Å². The molecule has 0 spiro atoms. The summed E-state index contributed by atoms with van der Waals surface area (Å²) in [6.45, 7) is 3.63. The van der Waals surface area contributed by atoms with Gasteiger partial charge in [0.15, 0.2) is 0 Å². The Morgan fingerprint density at radius 2 is 2.33 bits per heavy atom. The monoisotopic (exact) mass is 248 g/mol. The molecule has 1 N–H and O–H groups in total. The highest BCUT2D eigenvalue weighted by Gasteiger charge is 2.18. The summed E-state index contributed by atoms with van der Waals surface area (Å²) >= 11 is 4.81. The Balaban J connectivity index is 3.02. The lowest BCUT2D eigenvalue weighted by Gasteiger charge is -2.03. The van der Waals surface area contributed by atoms with Gasteiger partial charge in [0.05, 0.1) is 9.70 Å². The van der Waals surface area contributed by atoms with Crippen LogP contribution in [0.1, 0.15) is 23.3 Å². The molecule has 0 fully saturated rings. The molecule has 12 heavy (non-hydrogen) atoms. The Kier molecular flexibility index (Phi) is 2.90. The van der Waals surface area contributed by atoms with E-state index in [4.69, 9.17) is 5.11 Å². The maximum atomic E-state index is 10.7. The van der Waals surface area contributed by atoms with Gasteiger partial charge in [-0.15, -0.1) is 11.3 Å². The number of rotatable bonds is 2. The number of aryl methyl sites for hydroxylation is 1. The quantitative estimate of drug-likeness (QED) is 0.874. The van der Waals surface area contributed by atoms with Crippen LogP contribution in [0.4, 0.5) is 0 Å². The van der Waals surface area contributed by atoms with Crippen LogP contribution in [0.25, 0.3) is 0 Å². The SMILES string of the molecule is Cc1cc(Br)sc1C(C)C(=O)O. The molecule has 0 saturated carbocycles. The molecular weight excluding hydrogens is 240 g/mol. The molecule has 0 aliphatic heterocycles. The van der Waals surface area contributed by atoms with E-state index in [-0.39, 0.29) is 0 Å². The minimum atomic E-state index is -0.771. The second-order valence-electron chi connectivity index (χ2n) is 2.66.